The van der Waals surface area contributed by atoms with Gasteiger partial charge in [0, 0.05) is 12.0 Å². The molecule has 0 radical (unpaired) electrons. The largest absolute Gasteiger partial charge is 0.481 e. The van der Waals surface area contributed by atoms with Crippen molar-refractivity contribution in [3.8, 4) is 0 Å². The number of nitrogens with two attached hydrogens (primary N) is 1. The summed E-state index contributed by atoms with van der Waals surface area (Å²) in [6.45, 7) is 3.61. The number of nitrogens with one attached hydrogen (secondary N) is 1. The van der Waals surface area contributed by atoms with Gasteiger partial charge in [0.1, 0.15) is 0 Å². The maximum atomic E-state index is 12.0. The predicted molar refractivity (Wildman–Crippen MR) is 81.8 cm³/mol. The van der Waals surface area contributed by atoms with Crippen molar-refractivity contribution in [2.45, 2.75) is 51.1 Å². The minimum Gasteiger partial charge on any atom is -0.481 e. The Kier molecular flexibility index (Phi) is 6.37. The molecule has 1 aromatic carbocycles. The van der Waals surface area contributed by atoms with Crippen molar-refractivity contribution in [1.82, 2.24) is 5.32 Å². The minimum atomic E-state index is -0.870. The van der Waals surface area contributed by atoms with Crippen molar-refractivity contribution >= 4 is 11.9 Å². The Bertz CT molecular complexity index is 472. The summed E-state index contributed by atoms with van der Waals surface area (Å²) < 4.78 is 0. The van der Waals surface area contributed by atoms with Gasteiger partial charge in [0.15, 0.2) is 0 Å². The fourth-order valence-electron chi connectivity index (χ4n) is 2.01. The molecule has 0 aromatic heterocycles. The van der Waals surface area contributed by atoms with Crippen LogP contribution in [0.4, 0.5) is 0 Å². The monoisotopic (exact) mass is 292 g/mol. The molecular formula is C16H24N2O3. The first kappa shape index (κ1) is 17.2. The van der Waals surface area contributed by atoms with Crippen molar-refractivity contribution in [3.63, 3.8) is 0 Å². The third-order valence-electron chi connectivity index (χ3n) is 3.35. The number of rotatable bonds is 8. The van der Waals surface area contributed by atoms with E-state index in [0.29, 0.717) is 12.8 Å². The molecular weight excluding hydrogens is 268 g/mol. The number of amides is 1. The van der Waals surface area contributed by atoms with E-state index in [1.807, 2.05) is 30.3 Å². The summed E-state index contributed by atoms with van der Waals surface area (Å²) in [6, 6.07) is 9.27. The Balaban J connectivity index is 2.41. The molecule has 0 aliphatic heterocycles. The molecule has 4 N–H and O–H groups in total. The zero-order chi connectivity index (χ0) is 15.9. The standard InChI is InChI=1S/C16H24N2O3/c1-16(2,11-10-14(19)20)18-15(21)13(17)9-8-12-6-4-3-5-7-12/h3-7,13H,8-11,17H2,1-2H3,(H,18,21)(H,19,20). The molecule has 0 aliphatic carbocycles. The second-order valence-corrected chi connectivity index (χ2v) is 5.90. The molecule has 1 amide bonds. The molecule has 0 bridgehead atoms. The third-order valence-corrected chi connectivity index (χ3v) is 3.35. The van der Waals surface area contributed by atoms with E-state index in [-0.39, 0.29) is 12.3 Å². The molecule has 116 valence electrons. The van der Waals surface area contributed by atoms with Gasteiger partial charge in [-0.2, -0.15) is 0 Å². The number of carboxylic acid groups (broad SMARTS) is 1. The van der Waals surface area contributed by atoms with Crippen LogP contribution in [-0.4, -0.2) is 28.6 Å². The first-order valence-electron chi connectivity index (χ1n) is 7.13. The van der Waals surface area contributed by atoms with E-state index in [0.717, 1.165) is 12.0 Å². The SMILES string of the molecule is CC(C)(CCC(=O)O)NC(=O)C(N)CCc1ccccc1. The average molecular weight is 292 g/mol. The number of aryl methyl sites for hydroxylation is 1. The lowest BCUT2D eigenvalue weighted by Gasteiger charge is -2.27. The molecule has 1 rings (SSSR count). The highest BCUT2D eigenvalue weighted by atomic mass is 16.4. The predicted octanol–water partition coefficient (Wildman–Crippen LogP) is 1.71. The molecule has 0 saturated heterocycles. The fraction of sp³-hybridized carbons (Fsp3) is 0.500. The van der Waals surface area contributed by atoms with Crippen LogP contribution in [0.3, 0.4) is 0 Å². The number of hydrogen-bond donors (Lipinski definition) is 3. The molecule has 0 fully saturated rings. The third kappa shape index (κ3) is 6.90. The van der Waals surface area contributed by atoms with E-state index in [1.165, 1.54) is 0 Å². The van der Waals surface area contributed by atoms with E-state index in [1.54, 1.807) is 13.8 Å². The van der Waals surface area contributed by atoms with E-state index >= 15 is 0 Å². The highest BCUT2D eigenvalue weighted by Crippen LogP contribution is 2.12. The topological polar surface area (TPSA) is 92.4 Å². The van der Waals surface area contributed by atoms with E-state index < -0.39 is 17.6 Å². The summed E-state index contributed by atoms with van der Waals surface area (Å²) in [5.74, 6) is -1.10. The van der Waals surface area contributed by atoms with Crippen LogP contribution >= 0.6 is 0 Å². The van der Waals surface area contributed by atoms with Crippen molar-refractivity contribution in [1.29, 1.82) is 0 Å². The van der Waals surface area contributed by atoms with Crippen molar-refractivity contribution in [2.75, 3.05) is 0 Å². The summed E-state index contributed by atoms with van der Waals surface area (Å²) >= 11 is 0. The Hall–Kier alpha value is -1.88. The summed E-state index contributed by atoms with van der Waals surface area (Å²) in [6.07, 6.45) is 1.70. The van der Waals surface area contributed by atoms with Crippen LogP contribution in [0.1, 0.15) is 38.7 Å². The van der Waals surface area contributed by atoms with Crippen molar-refractivity contribution < 1.29 is 14.7 Å². The Labute approximate surface area is 125 Å². The van der Waals surface area contributed by atoms with Crippen molar-refractivity contribution in [3.05, 3.63) is 35.9 Å². The zero-order valence-electron chi connectivity index (χ0n) is 12.6. The molecule has 0 aliphatic rings. The first-order chi connectivity index (χ1) is 9.80. The van der Waals surface area contributed by atoms with Gasteiger partial charge in [-0.05, 0) is 38.7 Å². The summed E-state index contributed by atoms with van der Waals surface area (Å²) in [4.78, 5) is 22.6. The number of carbonyl (C=O) groups is 2. The Morgan fingerprint density at radius 2 is 1.90 bits per heavy atom. The molecule has 5 heteroatoms. The Morgan fingerprint density at radius 3 is 2.48 bits per heavy atom. The minimum absolute atomic E-state index is 0.0204. The molecule has 21 heavy (non-hydrogen) atoms. The number of carbonyl (C=O) groups excluding carboxylic acids is 1. The molecule has 1 unspecified atom stereocenters. The molecule has 5 nitrogen and oxygen atoms in total. The zero-order valence-corrected chi connectivity index (χ0v) is 12.6. The second-order valence-electron chi connectivity index (χ2n) is 5.90. The van der Waals surface area contributed by atoms with Crippen LogP contribution in [0, 0.1) is 0 Å². The smallest absolute Gasteiger partial charge is 0.303 e. The number of aliphatic carboxylic acids is 1. The highest BCUT2D eigenvalue weighted by molar-refractivity contribution is 5.82. The quantitative estimate of drug-likeness (QED) is 0.680. The molecule has 0 saturated carbocycles. The van der Waals surface area contributed by atoms with Crippen LogP contribution in [0.25, 0.3) is 0 Å². The lowest BCUT2D eigenvalue weighted by molar-refractivity contribution is -0.137. The van der Waals surface area contributed by atoms with Crippen molar-refractivity contribution in [2.24, 2.45) is 5.73 Å². The van der Waals surface area contributed by atoms with Crippen LogP contribution in [0.15, 0.2) is 30.3 Å². The molecule has 1 atom stereocenters. The summed E-state index contributed by atoms with van der Waals surface area (Å²) in [7, 11) is 0. The fourth-order valence-corrected chi connectivity index (χ4v) is 2.01. The summed E-state index contributed by atoms with van der Waals surface area (Å²) in [5.41, 5.74) is 6.47. The van der Waals surface area contributed by atoms with E-state index in [9.17, 15) is 9.59 Å². The molecule has 0 heterocycles. The van der Waals surface area contributed by atoms with Gasteiger partial charge >= 0.3 is 5.97 Å². The number of hydrogen-bond acceptors (Lipinski definition) is 3. The van der Waals surface area contributed by atoms with Gasteiger partial charge in [-0.25, -0.2) is 0 Å². The van der Waals surface area contributed by atoms with Gasteiger partial charge in [0.2, 0.25) is 5.91 Å². The second kappa shape index (κ2) is 7.78. The van der Waals surface area contributed by atoms with Crippen LogP contribution in [0.5, 0.6) is 0 Å². The molecule has 1 aromatic rings. The van der Waals surface area contributed by atoms with Gasteiger partial charge in [-0.1, -0.05) is 30.3 Å². The van der Waals surface area contributed by atoms with Gasteiger partial charge in [0.05, 0.1) is 6.04 Å². The maximum Gasteiger partial charge on any atom is 0.303 e. The average Bonchev–Trinajstić information content (AvgIpc) is 2.43. The lowest BCUT2D eigenvalue weighted by atomic mass is 9.97. The summed E-state index contributed by atoms with van der Waals surface area (Å²) in [5, 5.41) is 11.5. The highest BCUT2D eigenvalue weighted by Gasteiger charge is 2.24. The maximum absolute atomic E-state index is 12.0. The van der Waals surface area contributed by atoms with Gasteiger partial charge < -0.3 is 16.2 Å². The van der Waals surface area contributed by atoms with Gasteiger partial charge in [-0.15, -0.1) is 0 Å². The Morgan fingerprint density at radius 1 is 1.29 bits per heavy atom. The van der Waals surface area contributed by atoms with Crippen LogP contribution in [-0.2, 0) is 16.0 Å². The van der Waals surface area contributed by atoms with Crippen LogP contribution < -0.4 is 11.1 Å². The van der Waals surface area contributed by atoms with E-state index in [4.69, 9.17) is 10.8 Å². The van der Waals surface area contributed by atoms with E-state index in [2.05, 4.69) is 5.32 Å². The molecule has 0 spiro atoms. The normalized spacial score (nSPS) is 12.7. The number of carboxylic acids is 1. The lowest BCUT2D eigenvalue weighted by Crippen LogP contribution is -2.50. The van der Waals surface area contributed by atoms with Crippen LogP contribution in [0.2, 0.25) is 0 Å². The van der Waals surface area contributed by atoms with Gasteiger partial charge in [0.25, 0.3) is 0 Å². The number of benzene rings is 1. The van der Waals surface area contributed by atoms with Gasteiger partial charge in [-0.3, -0.25) is 9.59 Å². The first-order valence-corrected chi connectivity index (χ1v) is 7.13.